The number of carbonyl (C=O) groups is 1. The molecule has 1 saturated heterocycles. The van der Waals surface area contributed by atoms with Crippen LogP contribution in [0.5, 0.6) is 5.75 Å². The Morgan fingerprint density at radius 2 is 2.04 bits per heavy atom. The fourth-order valence-corrected chi connectivity index (χ4v) is 4.18. The van der Waals surface area contributed by atoms with E-state index in [9.17, 15) is 9.59 Å². The number of aromatic amines is 1. The zero-order chi connectivity index (χ0) is 18.8. The molecule has 4 rings (SSSR count). The summed E-state index contributed by atoms with van der Waals surface area (Å²) < 4.78 is 4.97. The highest BCUT2D eigenvalue weighted by Crippen LogP contribution is 2.25. The van der Waals surface area contributed by atoms with Gasteiger partial charge in [-0.25, -0.2) is 0 Å². The summed E-state index contributed by atoms with van der Waals surface area (Å²) >= 11 is 0. The number of nitrogens with one attached hydrogen (secondary N) is 1. The molecule has 1 N–H and O–H groups in total. The molecule has 3 heterocycles. The normalized spacial score (nSPS) is 20.2. The number of ether oxygens (including phenoxy) is 1. The van der Waals surface area contributed by atoms with Crippen LogP contribution in [-0.4, -0.2) is 53.5 Å². The minimum atomic E-state index is -0.277. The first-order chi connectivity index (χ1) is 13.2. The smallest absolute Gasteiger partial charge is 0.270 e. The molecule has 1 atom stereocenters. The van der Waals surface area contributed by atoms with Gasteiger partial charge in [0.1, 0.15) is 5.69 Å². The molecule has 6 heteroatoms. The largest absolute Gasteiger partial charge is 0.491 e. The van der Waals surface area contributed by atoms with E-state index in [2.05, 4.69) is 34.1 Å². The Balaban J connectivity index is 1.46. The number of pyridine rings is 1. The molecule has 2 aliphatic heterocycles. The Kier molecular flexibility index (Phi) is 4.99. The van der Waals surface area contributed by atoms with E-state index in [1.165, 1.54) is 30.5 Å². The van der Waals surface area contributed by atoms with Crippen LogP contribution in [0.4, 0.5) is 0 Å². The van der Waals surface area contributed by atoms with Crippen molar-refractivity contribution in [2.24, 2.45) is 0 Å². The van der Waals surface area contributed by atoms with Crippen molar-refractivity contribution in [2.45, 2.75) is 31.8 Å². The molecular formula is C21H25N3O3. The number of fused-ring (bicyclic) bond motifs is 1. The molecule has 1 fully saturated rings. The molecule has 1 aromatic heterocycles. The first-order valence-corrected chi connectivity index (χ1v) is 9.52. The third kappa shape index (κ3) is 3.62. The monoisotopic (exact) mass is 367 g/mol. The van der Waals surface area contributed by atoms with Crippen LogP contribution in [0.15, 0.2) is 41.3 Å². The Labute approximate surface area is 158 Å². The lowest BCUT2D eigenvalue weighted by molar-refractivity contribution is 0.0543. The predicted molar refractivity (Wildman–Crippen MR) is 103 cm³/mol. The molecule has 1 aromatic carbocycles. The van der Waals surface area contributed by atoms with Gasteiger partial charge >= 0.3 is 0 Å². The van der Waals surface area contributed by atoms with Gasteiger partial charge in [0, 0.05) is 44.5 Å². The maximum absolute atomic E-state index is 12.9. The van der Waals surface area contributed by atoms with Crippen LogP contribution in [0.25, 0.3) is 0 Å². The summed E-state index contributed by atoms with van der Waals surface area (Å²) in [5.41, 5.74) is 2.88. The Morgan fingerprint density at radius 3 is 2.81 bits per heavy atom. The molecule has 142 valence electrons. The number of methoxy groups -OCH3 is 1. The number of amides is 1. The number of nitrogens with zero attached hydrogens (tertiary/aromatic N) is 2. The summed E-state index contributed by atoms with van der Waals surface area (Å²) in [5.74, 6) is 0.104. The molecule has 2 aliphatic rings. The van der Waals surface area contributed by atoms with Gasteiger partial charge in [0.2, 0.25) is 5.43 Å². The number of likely N-dealkylation sites (tertiary alicyclic amines) is 1. The highest BCUT2D eigenvalue weighted by molar-refractivity contribution is 5.92. The van der Waals surface area contributed by atoms with Crippen LogP contribution in [0.3, 0.4) is 0 Å². The fraction of sp³-hybridized carbons (Fsp3) is 0.429. The van der Waals surface area contributed by atoms with Crippen LogP contribution in [0, 0.1) is 0 Å². The zero-order valence-corrected chi connectivity index (χ0v) is 15.6. The average molecular weight is 367 g/mol. The quantitative estimate of drug-likeness (QED) is 0.902. The van der Waals surface area contributed by atoms with E-state index in [-0.39, 0.29) is 17.1 Å². The number of benzene rings is 1. The minimum Gasteiger partial charge on any atom is -0.491 e. The summed E-state index contributed by atoms with van der Waals surface area (Å²) in [6, 6.07) is 10.3. The molecule has 0 saturated carbocycles. The average Bonchev–Trinajstić information content (AvgIpc) is 2.73. The van der Waals surface area contributed by atoms with E-state index in [1.54, 1.807) is 0 Å². The molecule has 6 nitrogen and oxygen atoms in total. The molecule has 0 radical (unpaired) electrons. The Hall–Kier alpha value is -2.60. The van der Waals surface area contributed by atoms with Gasteiger partial charge in [0.05, 0.1) is 7.11 Å². The molecule has 1 amide bonds. The van der Waals surface area contributed by atoms with E-state index in [4.69, 9.17) is 4.74 Å². The number of H-pyrrole nitrogens is 1. The van der Waals surface area contributed by atoms with Gasteiger partial charge in [0.15, 0.2) is 5.75 Å². The Morgan fingerprint density at radius 1 is 1.22 bits per heavy atom. The van der Waals surface area contributed by atoms with Gasteiger partial charge in [-0.2, -0.15) is 0 Å². The van der Waals surface area contributed by atoms with Crippen molar-refractivity contribution in [1.29, 1.82) is 0 Å². The van der Waals surface area contributed by atoms with Crippen LogP contribution in [0.2, 0.25) is 0 Å². The number of hydrogen-bond donors (Lipinski definition) is 1. The molecule has 0 spiro atoms. The number of hydrogen-bond acceptors (Lipinski definition) is 4. The second-order valence-corrected chi connectivity index (χ2v) is 7.32. The van der Waals surface area contributed by atoms with Gasteiger partial charge < -0.3 is 14.6 Å². The van der Waals surface area contributed by atoms with E-state index >= 15 is 0 Å². The lowest BCUT2D eigenvalue weighted by Crippen LogP contribution is -2.51. The molecule has 2 aromatic rings. The summed E-state index contributed by atoms with van der Waals surface area (Å²) in [6.45, 7) is 3.41. The van der Waals surface area contributed by atoms with Crippen molar-refractivity contribution in [2.75, 3.05) is 26.7 Å². The summed E-state index contributed by atoms with van der Waals surface area (Å²) in [4.78, 5) is 32.1. The van der Waals surface area contributed by atoms with Crippen LogP contribution < -0.4 is 10.2 Å². The topological polar surface area (TPSA) is 65.6 Å². The first kappa shape index (κ1) is 17.8. The minimum absolute atomic E-state index is 0.114. The maximum atomic E-state index is 12.9. The van der Waals surface area contributed by atoms with Gasteiger partial charge in [0.25, 0.3) is 5.91 Å². The van der Waals surface area contributed by atoms with Gasteiger partial charge in [-0.1, -0.05) is 24.3 Å². The molecule has 0 bridgehead atoms. The van der Waals surface area contributed by atoms with Crippen molar-refractivity contribution in [3.63, 3.8) is 0 Å². The molecule has 0 unspecified atom stereocenters. The lowest BCUT2D eigenvalue weighted by Gasteiger charge is -2.41. The van der Waals surface area contributed by atoms with Crippen molar-refractivity contribution >= 4 is 5.91 Å². The SMILES string of the molecule is COc1c[nH]c(C(=O)N2CCC[C@@H](N3CCc4ccccc4C3)C2)cc1=O. The number of carbonyl (C=O) groups excluding carboxylic acids is 1. The summed E-state index contributed by atoms with van der Waals surface area (Å²) in [7, 11) is 1.44. The second kappa shape index (κ2) is 7.56. The van der Waals surface area contributed by atoms with Crippen molar-refractivity contribution in [3.05, 3.63) is 63.6 Å². The fourth-order valence-electron chi connectivity index (χ4n) is 4.18. The van der Waals surface area contributed by atoms with Gasteiger partial charge in [-0.15, -0.1) is 0 Å². The maximum Gasteiger partial charge on any atom is 0.270 e. The zero-order valence-electron chi connectivity index (χ0n) is 15.6. The van der Waals surface area contributed by atoms with Gasteiger partial charge in [-0.05, 0) is 30.4 Å². The van der Waals surface area contributed by atoms with E-state index < -0.39 is 0 Å². The summed E-state index contributed by atoms with van der Waals surface area (Å²) in [5, 5.41) is 0. The van der Waals surface area contributed by atoms with E-state index in [0.717, 1.165) is 38.9 Å². The third-order valence-electron chi connectivity index (χ3n) is 5.69. The van der Waals surface area contributed by atoms with Crippen molar-refractivity contribution in [1.82, 2.24) is 14.8 Å². The summed E-state index contributed by atoms with van der Waals surface area (Å²) in [6.07, 6.45) is 4.60. The Bertz CT molecular complexity index is 892. The van der Waals surface area contributed by atoms with Crippen molar-refractivity contribution in [3.8, 4) is 5.75 Å². The number of rotatable bonds is 3. The molecule has 27 heavy (non-hydrogen) atoms. The molecule has 0 aliphatic carbocycles. The van der Waals surface area contributed by atoms with Crippen LogP contribution >= 0.6 is 0 Å². The van der Waals surface area contributed by atoms with Crippen molar-refractivity contribution < 1.29 is 9.53 Å². The van der Waals surface area contributed by atoms with Gasteiger partial charge in [-0.3, -0.25) is 14.5 Å². The van der Waals surface area contributed by atoms with E-state index in [0.29, 0.717) is 18.3 Å². The lowest BCUT2D eigenvalue weighted by atomic mass is 9.96. The first-order valence-electron chi connectivity index (χ1n) is 9.52. The van der Waals surface area contributed by atoms with Crippen LogP contribution in [-0.2, 0) is 13.0 Å². The highest BCUT2D eigenvalue weighted by Gasteiger charge is 2.30. The second-order valence-electron chi connectivity index (χ2n) is 7.32. The highest BCUT2D eigenvalue weighted by atomic mass is 16.5. The number of piperidine rings is 1. The molecular weight excluding hydrogens is 342 g/mol. The van der Waals surface area contributed by atoms with E-state index in [1.807, 2.05) is 4.90 Å². The third-order valence-corrected chi connectivity index (χ3v) is 5.69. The number of aromatic nitrogens is 1. The van der Waals surface area contributed by atoms with Crippen LogP contribution in [0.1, 0.15) is 34.5 Å². The standard InChI is InChI=1S/C21H25N3O3/c1-27-20-12-22-18(11-19(20)25)21(26)24-9-4-7-17(14-24)23-10-8-15-5-2-3-6-16(15)13-23/h2-3,5-6,11-12,17H,4,7-10,13-14H2,1H3,(H,22,25)/t17-/m1/s1. The predicted octanol–water partition coefficient (Wildman–Crippen LogP) is 2.05.